The molecule has 0 rings (SSSR count). The summed E-state index contributed by atoms with van der Waals surface area (Å²) in [4.78, 5) is 0. The van der Waals surface area contributed by atoms with Gasteiger partial charge in [-0.25, -0.2) is 0 Å². The molecule has 0 fully saturated rings. The van der Waals surface area contributed by atoms with Gasteiger partial charge in [0.2, 0.25) is 0 Å². The molecule has 0 spiro atoms. The molecular weight excluding hydrogens is 151 g/mol. The average Bonchev–Trinajstić information content (AvgIpc) is 1.91. The minimum absolute atomic E-state index is 0.250. The van der Waals surface area contributed by atoms with Gasteiger partial charge in [0.05, 0.1) is 0 Å². The maximum absolute atomic E-state index is 7.85. The van der Waals surface area contributed by atoms with Crippen molar-refractivity contribution in [1.82, 2.24) is 0 Å². The Hall–Kier alpha value is 0.310. The van der Waals surface area contributed by atoms with Crippen LogP contribution < -0.4 is 0 Å². The summed E-state index contributed by atoms with van der Waals surface area (Å²) in [7, 11) is 2.41. The molecule has 3 nitrogen and oxygen atoms in total. The monoisotopic (exact) mass is 170 g/mol. The van der Waals surface area contributed by atoms with Crippen LogP contribution in [0.1, 0.15) is 13.8 Å². The molecule has 0 amide bonds. The largest absolute Gasteiger partial charge is 0.397 e. The quantitative estimate of drug-likeness (QED) is 0.480. The van der Waals surface area contributed by atoms with Gasteiger partial charge in [-0.05, 0) is 20.0 Å². The Morgan fingerprint density at radius 2 is 1.10 bits per heavy atom. The summed E-state index contributed by atoms with van der Waals surface area (Å²) in [6, 6.07) is 0. The number of hydrogen-bond donors (Lipinski definition) is 3. The lowest BCUT2D eigenvalue weighted by molar-refractivity contribution is 0.318. The molecule has 0 aromatic rings. The number of rotatable bonds is 1. The smallest absolute Gasteiger partial charge is 0.0465 e. The van der Waals surface area contributed by atoms with Crippen LogP contribution in [0.2, 0.25) is 0 Å². The highest BCUT2D eigenvalue weighted by atomic mass is 31.0. The van der Waals surface area contributed by atoms with Gasteiger partial charge in [0.25, 0.3) is 0 Å². The molecule has 0 aliphatic carbocycles. The highest BCUT2D eigenvalue weighted by Crippen LogP contribution is 1.70. The molecule has 1 unspecified atom stereocenters. The van der Waals surface area contributed by atoms with Gasteiger partial charge in [-0.3, -0.25) is 0 Å². The summed E-state index contributed by atoms with van der Waals surface area (Å²) in [6.07, 6.45) is 0.792. The molecule has 10 heavy (non-hydrogen) atoms. The van der Waals surface area contributed by atoms with E-state index in [1.54, 1.807) is 13.8 Å². The van der Waals surface area contributed by atoms with Gasteiger partial charge in [0.1, 0.15) is 0 Å². The molecule has 0 saturated heterocycles. The van der Waals surface area contributed by atoms with Crippen LogP contribution in [0.15, 0.2) is 0 Å². The highest BCUT2D eigenvalue weighted by Gasteiger charge is 1.57. The third kappa shape index (κ3) is 259. The van der Waals surface area contributed by atoms with Gasteiger partial charge in [-0.1, -0.05) is 0 Å². The van der Waals surface area contributed by atoms with Crippen molar-refractivity contribution in [3.63, 3.8) is 0 Å². The van der Waals surface area contributed by atoms with E-state index in [2.05, 4.69) is 9.24 Å². The van der Waals surface area contributed by atoms with E-state index in [1.807, 2.05) is 0 Å². The van der Waals surface area contributed by atoms with Crippen LogP contribution in [0.5, 0.6) is 0 Å². The van der Waals surface area contributed by atoms with Crippen molar-refractivity contribution in [2.75, 3.05) is 26.0 Å². The van der Waals surface area contributed by atoms with E-state index in [1.165, 1.54) is 0 Å². The van der Waals surface area contributed by atoms with Crippen LogP contribution in [0.3, 0.4) is 0 Å². The molecule has 0 aromatic carbocycles. The first kappa shape index (κ1) is 16.7. The highest BCUT2D eigenvalue weighted by molar-refractivity contribution is 7.16. The van der Waals surface area contributed by atoms with Crippen LogP contribution >= 0.6 is 9.24 Å². The van der Waals surface area contributed by atoms with E-state index in [9.17, 15) is 0 Å². The Kier molecular flexibility index (Phi) is 57.9. The van der Waals surface area contributed by atoms with Gasteiger partial charge in [0, 0.05) is 19.8 Å². The third-order valence-electron chi connectivity index (χ3n) is 0.129. The fourth-order valence-corrected chi connectivity index (χ4v) is 0. The standard InChI is InChI=1S/C2H7OP.2C2H6O/c3-1-2-4;2*1-2-3/h3H,1-2,4H2;2*3H,2H2,1H3. The van der Waals surface area contributed by atoms with E-state index in [4.69, 9.17) is 15.3 Å². The van der Waals surface area contributed by atoms with Crippen molar-refractivity contribution in [2.45, 2.75) is 13.8 Å². The SMILES string of the molecule is CCO.CCO.OCCP. The average molecular weight is 170 g/mol. The van der Waals surface area contributed by atoms with E-state index in [0.717, 1.165) is 6.16 Å². The van der Waals surface area contributed by atoms with Gasteiger partial charge >= 0.3 is 0 Å². The zero-order chi connectivity index (χ0) is 8.83. The zero-order valence-corrected chi connectivity index (χ0v) is 7.90. The van der Waals surface area contributed by atoms with Crippen molar-refractivity contribution in [3.05, 3.63) is 0 Å². The minimum Gasteiger partial charge on any atom is -0.397 e. The maximum Gasteiger partial charge on any atom is 0.0465 e. The van der Waals surface area contributed by atoms with E-state index < -0.39 is 0 Å². The van der Waals surface area contributed by atoms with Crippen molar-refractivity contribution >= 4 is 9.24 Å². The second kappa shape index (κ2) is 34.6. The fraction of sp³-hybridized carbons (Fsp3) is 1.00. The molecule has 0 saturated carbocycles. The first-order valence-corrected chi connectivity index (χ1v) is 4.09. The van der Waals surface area contributed by atoms with Crippen LogP contribution in [-0.4, -0.2) is 41.3 Å². The molecule has 0 radical (unpaired) electrons. The van der Waals surface area contributed by atoms with Crippen LogP contribution in [0.25, 0.3) is 0 Å². The first-order chi connectivity index (χ1) is 4.74. The summed E-state index contributed by atoms with van der Waals surface area (Å²) in [5, 5.41) is 23.0. The van der Waals surface area contributed by atoms with Crippen molar-refractivity contribution < 1.29 is 15.3 Å². The van der Waals surface area contributed by atoms with Crippen molar-refractivity contribution in [1.29, 1.82) is 0 Å². The Bertz CT molecular complexity index is 25.0. The summed E-state index contributed by atoms with van der Waals surface area (Å²) in [6.45, 7) is 4.14. The predicted octanol–water partition coefficient (Wildman–Crippen LogP) is -0.149. The summed E-state index contributed by atoms with van der Waals surface area (Å²) in [5.41, 5.74) is 0. The molecule has 1 atom stereocenters. The van der Waals surface area contributed by atoms with E-state index in [-0.39, 0.29) is 19.8 Å². The molecule has 66 valence electrons. The Labute approximate surface area is 65.3 Å². The molecular formula is C6H19O3P. The molecule has 0 aliphatic rings. The molecule has 4 heteroatoms. The third-order valence-corrected chi connectivity index (χ3v) is 0.387. The Morgan fingerprint density at radius 1 is 1.00 bits per heavy atom. The second-order valence-corrected chi connectivity index (χ2v) is 1.72. The first-order valence-electron chi connectivity index (χ1n) is 3.27. The lowest BCUT2D eigenvalue weighted by Gasteiger charge is -1.69. The predicted molar refractivity (Wildman–Crippen MR) is 47.2 cm³/mol. The van der Waals surface area contributed by atoms with Gasteiger partial charge < -0.3 is 15.3 Å². The van der Waals surface area contributed by atoms with Crippen molar-refractivity contribution in [3.8, 4) is 0 Å². The van der Waals surface area contributed by atoms with Gasteiger partial charge in [0.15, 0.2) is 0 Å². The van der Waals surface area contributed by atoms with E-state index in [0.29, 0.717) is 0 Å². The molecule has 0 aromatic heterocycles. The number of hydrogen-bond acceptors (Lipinski definition) is 3. The lowest BCUT2D eigenvalue weighted by Crippen LogP contribution is -1.75. The van der Waals surface area contributed by atoms with Gasteiger partial charge in [-0.15, -0.1) is 9.24 Å². The molecule has 3 N–H and O–H groups in total. The molecule has 0 heterocycles. The minimum atomic E-state index is 0.250. The van der Waals surface area contributed by atoms with E-state index >= 15 is 0 Å². The van der Waals surface area contributed by atoms with Crippen LogP contribution in [-0.2, 0) is 0 Å². The maximum atomic E-state index is 7.85. The van der Waals surface area contributed by atoms with Crippen LogP contribution in [0, 0.1) is 0 Å². The summed E-state index contributed by atoms with van der Waals surface area (Å²) < 4.78 is 0. The Balaban J connectivity index is -0.0000000750. The number of aliphatic hydroxyl groups excluding tert-OH is 3. The second-order valence-electron chi connectivity index (χ2n) is 1.14. The lowest BCUT2D eigenvalue weighted by atomic mass is 10.9. The molecule has 0 bridgehead atoms. The number of aliphatic hydroxyl groups is 3. The summed E-state index contributed by atoms with van der Waals surface area (Å²) in [5.74, 6) is 0. The van der Waals surface area contributed by atoms with Crippen molar-refractivity contribution in [2.24, 2.45) is 0 Å². The zero-order valence-electron chi connectivity index (χ0n) is 6.75. The van der Waals surface area contributed by atoms with Gasteiger partial charge in [-0.2, -0.15) is 0 Å². The fourth-order valence-electron chi connectivity index (χ4n) is 0. The normalized spacial score (nSPS) is 6.60. The topological polar surface area (TPSA) is 60.7 Å². The molecule has 0 aliphatic heterocycles. The Morgan fingerprint density at radius 3 is 1.10 bits per heavy atom. The summed E-state index contributed by atoms with van der Waals surface area (Å²) >= 11 is 0. The van der Waals surface area contributed by atoms with Crippen LogP contribution in [0.4, 0.5) is 0 Å².